The molecule has 0 saturated heterocycles. The van der Waals surface area contributed by atoms with Crippen LogP contribution < -0.4 is 16.4 Å². The highest BCUT2D eigenvalue weighted by molar-refractivity contribution is 6.31. The van der Waals surface area contributed by atoms with Gasteiger partial charge in [0.15, 0.2) is 0 Å². The SMILES string of the molecule is [NH3+]CCNc1ccc(C(=O)Nc2cccc(Cl)c2)cc1[N+](=O)[O-]. The molecular weight excluding hydrogens is 320 g/mol. The molecule has 5 N–H and O–H groups in total. The normalized spacial score (nSPS) is 10.2. The first-order valence-electron chi connectivity index (χ1n) is 6.89. The average molecular weight is 336 g/mol. The van der Waals surface area contributed by atoms with E-state index in [4.69, 9.17) is 11.6 Å². The van der Waals surface area contributed by atoms with E-state index in [1.54, 1.807) is 24.3 Å². The Morgan fingerprint density at radius 1 is 1.26 bits per heavy atom. The number of carbonyl (C=O) groups excluding carboxylic acids is 1. The summed E-state index contributed by atoms with van der Waals surface area (Å²) in [5.41, 5.74) is 4.58. The van der Waals surface area contributed by atoms with Crippen molar-refractivity contribution in [2.75, 3.05) is 23.7 Å². The van der Waals surface area contributed by atoms with Crippen molar-refractivity contribution in [2.45, 2.75) is 0 Å². The van der Waals surface area contributed by atoms with Crippen LogP contribution in [0.4, 0.5) is 17.1 Å². The van der Waals surface area contributed by atoms with Gasteiger partial charge in [0.2, 0.25) is 0 Å². The van der Waals surface area contributed by atoms with Crippen LogP contribution in [-0.4, -0.2) is 23.9 Å². The fraction of sp³-hybridized carbons (Fsp3) is 0.133. The first-order chi connectivity index (χ1) is 11.0. The van der Waals surface area contributed by atoms with Crippen molar-refractivity contribution in [1.82, 2.24) is 0 Å². The summed E-state index contributed by atoms with van der Waals surface area (Å²) in [5.74, 6) is -0.445. The van der Waals surface area contributed by atoms with E-state index < -0.39 is 10.8 Å². The molecule has 2 aromatic carbocycles. The van der Waals surface area contributed by atoms with Gasteiger partial charge in [0, 0.05) is 22.3 Å². The Bertz CT molecular complexity index is 736. The van der Waals surface area contributed by atoms with E-state index in [1.165, 1.54) is 18.2 Å². The lowest BCUT2D eigenvalue weighted by Crippen LogP contribution is -2.53. The number of amides is 1. The fourth-order valence-corrected chi connectivity index (χ4v) is 2.16. The van der Waals surface area contributed by atoms with Crippen molar-refractivity contribution in [3.63, 3.8) is 0 Å². The van der Waals surface area contributed by atoms with E-state index in [0.29, 0.717) is 29.5 Å². The molecular formula is C15H16ClN4O3+. The van der Waals surface area contributed by atoms with Gasteiger partial charge in [-0.25, -0.2) is 0 Å². The molecule has 1 amide bonds. The van der Waals surface area contributed by atoms with Gasteiger partial charge in [-0.05, 0) is 30.3 Å². The molecule has 8 heteroatoms. The maximum absolute atomic E-state index is 12.2. The molecule has 2 rings (SSSR count). The highest BCUT2D eigenvalue weighted by Gasteiger charge is 2.17. The van der Waals surface area contributed by atoms with Crippen molar-refractivity contribution in [3.05, 3.63) is 63.2 Å². The monoisotopic (exact) mass is 335 g/mol. The number of hydrogen-bond acceptors (Lipinski definition) is 4. The summed E-state index contributed by atoms with van der Waals surface area (Å²) < 4.78 is 0. The van der Waals surface area contributed by atoms with Crippen molar-refractivity contribution in [3.8, 4) is 0 Å². The molecule has 7 nitrogen and oxygen atoms in total. The molecule has 0 bridgehead atoms. The molecule has 23 heavy (non-hydrogen) atoms. The maximum Gasteiger partial charge on any atom is 0.293 e. The second-order valence-corrected chi connectivity index (χ2v) is 5.17. The number of quaternary nitrogens is 1. The largest absolute Gasteiger partial charge is 0.374 e. The van der Waals surface area contributed by atoms with Crippen LogP contribution in [0, 0.1) is 10.1 Å². The molecule has 120 valence electrons. The van der Waals surface area contributed by atoms with Gasteiger partial charge in [-0.3, -0.25) is 14.9 Å². The highest BCUT2D eigenvalue weighted by Crippen LogP contribution is 2.26. The first-order valence-corrected chi connectivity index (χ1v) is 7.27. The zero-order valence-electron chi connectivity index (χ0n) is 12.2. The van der Waals surface area contributed by atoms with Gasteiger partial charge in [-0.15, -0.1) is 0 Å². The number of nitro benzene ring substituents is 1. The lowest BCUT2D eigenvalue weighted by molar-refractivity contribution is -0.384. The third-order valence-corrected chi connectivity index (χ3v) is 3.27. The van der Waals surface area contributed by atoms with Gasteiger partial charge in [-0.1, -0.05) is 17.7 Å². The van der Waals surface area contributed by atoms with Crippen LogP contribution in [0.15, 0.2) is 42.5 Å². The molecule has 0 spiro atoms. The molecule has 0 aliphatic rings. The number of halogens is 1. The predicted molar refractivity (Wildman–Crippen MR) is 88.7 cm³/mol. The molecule has 0 aliphatic carbocycles. The van der Waals surface area contributed by atoms with Crippen molar-refractivity contribution in [1.29, 1.82) is 0 Å². The van der Waals surface area contributed by atoms with E-state index >= 15 is 0 Å². The number of nitro groups is 1. The second kappa shape index (κ2) is 7.57. The highest BCUT2D eigenvalue weighted by atomic mass is 35.5. The summed E-state index contributed by atoms with van der Waals surface area (Å²) in [7, 11) is 0. The van der Waals surface area contributed by atoms with Crippen molar-refractivity contribution in [2.24, 2.45) is 0 Å². The van der Waals surface area contributed by atoms with E-state index in [1.807, 2.05) is 0 Å². The van der Waals surface area contributed by atoms with Crippen LogP contribution in [0.2, 0.25) is 5.02 Å². The second-order valence-electron chi connectivity index (χ2n) is 4.73. The number of rotatable bonds is 6. The summed E-state index contributed by atoms with van der Waals surface area (Å²) in [5, 5.41) is 17.2. The first kappa shape index (κ1) is 16.7. The zero-order chi connectivity index (χ0) is 16.8. The smallest absolute Gasteiger partial charge is 0.293 e. The van der Waals surface area contributed by atoms with Crippen LogP contribution >= 0.6 is 11.6 Å². The Kier molecular flexibility index (Phi) is 5.51. The summed E-state index contributed by atoms with van der Waals surface area (Å²) in [6.07, 6.45) is 0. The topological polar surface area (TPSA) is 112 Å². The molecule has 2 aromatic rings. The summed E-state index contributed by atoms with van der Waals surface area (Å²) in [6, 6.07) is 10.9. The van der Waals surface area contributed by atoms with Gasteiger partial charge in [0.25, 0.3) is 11.6 Å². The van der Waals surface area contributed by atoms with E-state index in [9.17, 15) is 14.9 Å². The lowest BCUT2D eigenvalue weighted by atomic mass is 10.1. The molecule has 0 radical (unpaired) electrons. The fourth-order valence-electron chi connectivity index (χ4n) is 1.97. The third kappa shape index (κ3) is 4.41. The molecule has 0 aliphatic heterocycles. The molecule has 0 heterocycles. The van der Waals surface area contributed by atoms with Crippen LogP contribution in [0.1, 0.15) is 10.4 Å². The Morgan fingerprint density at radius 3 is 2.70 bits per heavy atom. The van der Waals surface area contributed by atoms with Gasteiger partial charge in [0.1, 0.15) is 5.69 Å². The Balaban J connectivity index is 2.23. The molecule has 0 atom stereocenters. The molecule has 0 fully saturated rings. The van der Waals surface area contributed by atoms with Gasteiger partial charge < -0.3 is 16.4 Å². The average Bonchev–Trinajstić information content (AvgIpc) is 2.52. The minimum Gasteiger partial charge on any atom is -0.374 e. The maximum atomic E-state index is 12.2. The van der Waals surface area contributed by atoms with E-state index in [0.717, 1.165) is 0 Å². The standard InChI is InChI=1S/C15H15ClN4O3/c16-11-2-1-3-12(9-11)19-15(21)10-4-5-13(18-7-6-17)14(8-10)20(22)23/h1-5,8-9,18H,6-7,17H2,(H,19,21)/p+1. The van der Waals surface area contributed by atoms with Crippen LogP contribution in [0.3, 0.4) is 0 Å². The number of benzene rings is 2. The van der Waals surface area contributed by atoms with Crippen LogP contribution in [0.25, 0.3) is 0 Å². The zero-order valence-corrected chi connectivity index (χ0v) is 13.0. The predicted octanol–water partition coefficient (Wildman–Crippen LogP) is 2.15. The Labute approximate surface area is 137 Å². The minimum absolute atomic E-state index is 0.155. The summed E-state index contributed by atoms with van der Waals surface area (Å²) in [4.78, 5) is 22.9. The van der Waals surface area contributed by atoms with Crippen molar-refractivity contribution >= 4 is 34.6 Å². The minimum atomic E-state index is -0.526. The molecule has 0 saturated carbocycles. The van der Waals surface area contributed by atoms with Crippen LogP contribution in [0.5, 0.6) is 0 Å². The number of hydrogen-bond donors (Lipinski definition) is 3. The quantitative estimate of drug-likeness (QED) is 0.554. The third-order valence-electron chi connectivity index (χ3n) is 3.03. The number of nitrogens with one attached hydrogen (secondary N) is 2. The summed E-state index contributed by atoms with van der Waals surface area (Å²) in [6.45, 7) is 1.10. The Morgan fingerprint density at radius 2 is 2.04 bits per heavy atom. The summed E-state index contributed by atoms with van der Waals surface area (Å²) >= 11 is 5.86. The molecule has 0 unspecified atom stereocenters. The van der Waals surface area contributed by atoms with E-state index in [2.05, 4.69) is 16.4 Å². The molecule has 0 aromatic heterocycles. The van der Waals surface area contributed by atoms with E-state index in [-0.39, 0.29) is 11.3 Å². The van der Waals surface area contributed by atoms with Crippen LogP contribution in [-0.2, 0) is 0 Å². The number of carbonyl (C=O) groups is 1. The number of anilines is 2. The Hall–Kier alpha value is -2.64. The van der Waals surface area contributed by atoms with Gasteiger partial charge >= 0.3 is 0 Å². The lowest BCUT2D eigenvalue weighted by Gasteiger charge is -2.08. The van der Waals surface area contributed by atoms with Gasteiger partial charge in [0.05, 0.1) is 18.0 Å². The van der Waals surface area contributed by atoms with Gasteiger partial charge in [-0.2, -0.15) is 0 Å². The number of nitrogens with zero attached hydrogens (tertiary/aromatic N) is 1. The van der Waals surface area contributed by atoms with Crippen molar-refractivity contribution < 1.29 is 15.5 Å².